The van der Waals surface area contributed by atoms with Crippen molar-refractivity contribution in [3.05, 3.63) is 11.4 Å². The third kappa shape index (κ3) is 3.84. The minimum absolute atomic E-state index is 0.447. The highest BCUT2D eigenvalue weighted by atomic mass is 15.1. The fraction of sp³-hybridized carbons (Fsp3) is 0.750. The van der Waals surface area contributed by atoms with Crippen LogP contribution in [0.25, 0.3) is 0 Å². The maximum atomic E-state index is 4.75. The molecule has 0 spiro atoms. The summed E-state index contributed by atoms with van der Waals surface area (Å²) in [6.07, 6.45) is 4.88. The highest BCUT2D eigenvalue weighted by molar-refractivity contribution is 5.57. The fourth-order valence-electron chi connectivity index (χ4n) is 2.33. The summed E-state index contributed by atoms with van der Waals surface area (Å²) >= 11 is 0. The van der Waals surface area contributed by atoms with Crippen LogP contribution in [-0.2, 0) is 0 Å². The maximum Gasteiger partial charge on any atom is 0.136 e. The van der Waals surface area contributed by atoms with Crippen LogP contribution in [0.3, 0.4) is 0 Å². The first-order valence-corrected chi connectivity index (χ1v) is 7.84. The van der Waals surface area contributed by atoms with E-state index in [1.54, 1.807) is 0 Å². The van der Waals surface area contributed by atoms with Gasteiger partial charge in [-0.05, 0) is 45.4 Å². The molecule has 0 bridgehead atoms. The van der Waals surface area contributed by atoms with Gasteiger partial charge in [-0.1, -0.05) is 13.8 Å². The van der Waals surface area contributed by atoms with E-state index in [0.29, 0.717) is 12.0 Å². The zero-order valence-electron chi connectivity index (χ0n) is 13.5. The minimum Gasteiger partial charge on any atom is -0.373 e. The van der Waals surface area contributed by atoms with Crippen molar-refractivity contribution in [3.63, 3.8) is 0 Å². The second kappa shape index (κ2) is 6.42. The van der Waals surface area contributed by atoms with Gasteiger partial charge < -0.3 is 10.6 Å². The van der Waals surface area contributed by atoms with Crippen LogP contribution in [0.4, 0.5) is 11.6 Å². The van der Waals surface area contributed by atoms with Gasteiger partial charge in [-0.2, -0.15) is 0 Å². The molecule has 0 radical (unpaired) electrons. The number of hydrogen-bond acceptors (Lipinski definition) is 4. The van der Waals surface area contributed by atoms with Gasteiger partial charge in [0.2, 0.25) is 0 Å². The van der Waals surface area contributed by atoms with E-state index in [1.807, 2.05) is 7.05 Å². The number of nitrogens with one attached hydrogen (secondary N) is 2. The summed E-state index contributed by atoms with van der Waals surface area (Å²) in [6, 6.07) is 0.447. The van der Waals surface area contributed by atoms with Gasteiger partial charge in [-0.15, -0.1) is 0 Å². The second-order valence-corrected chi connectivity index (χ2v) is 6.44. The van der Waals surface area contributed by atoms with Crippen molar-refractivity contribution < 1.29 is 0 Å². The van der Waals surface area contributed by atoms with Gasteiger partial charge in [-0.25, -0.2) is 9.97 Å². The lowest BCUT2D eigenvalue weighted by atomic mass is 10.0. The van der Waals surface area contributed by atoms with E-state index in [2.05, 4.69) is 43.3 Å². The number of aromatic nitrogens is 2. The van der Waals surface area contributed by atoms with Crippen LogP contribution >= 0.6 is 0 Å². The second-order valence-electron chi connectivity index (χ2n) is 6.44. The third-order valence-corrected chi connectivity index (χ3v) is 3.90. The number of rotatable bonds is 7. The quantitative estimate of drug-likeness (QED) is 0.792. The summed E-state index contributed by atoms with van der Waals surface area (Å²) in [4.78, 5) is 9.38. The smallest absolute Gasteiger partial charge is 0.136 e. The van der Waals surface area contributed by atoms with Crippen molar-refractivity contribution in [1.82, 2.24) is 9.97 Å². The Morgan fingerprint density at radius 2 is 1.75 bits per heavy atom. The first-order chi connectivity index (χ1) is 9.51. The van der Waals surface area contributed by atoms with Crippen LogP contribution in [0.2, 0.25) is 0 Å². The van der Waals surface area contributed by atoms with E-state index >= 15 is 0 Å². The highest BCUT2D eigenvalue weighted by Gasteiger charge is 2.28. The molecule has 1 unspecified atom stereocenters. The lowest BCUT2D eigenvalue weighted by Crippen LogP contribution is -2.19. The normalized spacial score (nSPS) is 16.3. The van der Waals surface area contributed by atoms with Crippen LogP contribution in [0, 0.1) is 12.8 Å². The van der Waals surface area contributed by atoms with Crippen LogP contribution in [0.5, 0.6) is 0 Å². The summed E-state index contributed by atoms with van der Waals surface area (Å²) < 4.78 is 0. The molecule has 1 saturated carbocycles. The lowest BCUT2D eigenvalue weighted by Gasteiger charge is -2.19. The Hall–Kier alpha value is -1.32. The van der Waals surface area contributed by atoms with E-state index in [0.717, 1.165) is 28.9 Å². The summed E-state index contributed by atoms with van der Waals surface area (Å²) in [5.41, 5.74) is 1.12. The Balaban J connectivity index is 2.10. The van der Waals surface area contributed by atoms with Crippen molar-refractivity contribution in [3.8, 4) is 0 Å². The van der Waals surface area contributed by atoms with Crippen LogP contribution < -0.4 is 10.6 Å². The largest absolute Gasteiger partial charge is 0.373 e. The fourth-order valence-corrected chi connectivity index (χ4v) is 2.33. The molecule has 1 heterocycles. The predicted octanol–water partition coefficient (Wildman–Crippen LogP) is 3.94. The van der Waals surface area contributed by atoms with Crippen LogP contribution in [-0.4, -0.2) is 23.1 Å². The summed E-state index contributed by atoms with van der Waals surface area (Å²) in [6.45, 7) is 8.86. The number of hydrogen-bond donors (Lipinski definition) is 2. The molecule has 1 aromatic rings. The molecule has 0 aromatic carbocycles. The summed E-state index contributed by atoms with van der Waals surface area (Å²) in [5.74, 6) is 4.29. The molecule has 4 nitrogen and oxygen atoms in total. The van der Waals surface area contributed by atoms with Gasteiger partial charge in [0.25, 0.3) is 0 Å². The Morgan fingerprint density at radius 1 is 1.10 bits per heavy atom. The zero-order valence-corrected chi connectivity index (χ0v) is 13.5. The lowest BCUT2D eigenvalue weighted by molar-refractivity contribution is 0.527. The van der Waals surface area contributed by atoms with Gasteiger partial charge in [0.1, 0.15) is 17.5 Å². The molecule has 20 heavy (non-hydrogen) atoms. The monoisotopic (exact) mass is 276 g/mol. The Labute approximate surface area is 122 Å². The van der Waals surface area contributed by atoms with Crippen molar-refractivity contribution in [2.24, 2.45) is 5.92 Å². The zero-order chi connectivity index (χ0) is 14.7. The predicted molar refractivity (Wildman–Crippen MR) is 85.4 cm³/mol. The standard InChI is InChI=1S/C16H28N4/c1-10(2)6-7-11(3)18-15-12(4)14(17-5)19-16(20-15)13-8-9-13/h10-11,13H,6-9H2,1-5H3,(H2,17,18,19,20). The van der Waals surface area contributed by atoms with Crippen LogP contribution in [0.15, 0.2) is 0 Å². The topological polar surface area (TPSA) is 49.8 Å². The molecule has 1 atom stereocenters. The van der Waals surface area contributed by atoms with Crippen molar-refractivity contribution in [2.75, 3.05) is 17.7 Å². The molecular formula is C16H28N4. The molecule has 1 aromatic heterocycles. The molecule has 2 rings (SSSR count). The Bertz CT molecular complexity index is 452. The molecule has 1 aliphatic rings. The molecular weight excluding hydrogens is 248 g/mol. The highest BCUT2D eigenvalue weighted by Crippen LogP contribution is 2.39. The van der Waals surface area contributed by atoms with E-state index in [1.165, 1.54) is 25.7 Å². The molecule has 0 amide bonds. The molecule has 4 heteroatoms. The number of nitrogens with zero attached hydrogens (tertiary/aromatic N) is 2. The molecule has 2 N–H and O–H groups in total. The van der Waals surface area contributed by atoms with E-state index in [-0.39, 0.29) is 0 Å². The van der Waals surface area contributed by atoms with E-state index in [9.17, 15) is 0 Å². The Morgan fingerprint density at radius 3 is 2.30 bits per heavy atom. The number of anilines is 2. The van der Waals surface area contributed by atoms with Crippen LogP contribution in [0.1, 0.15) is 63.8 Å². The molecule has 0 saturated heterocycles. The molecule has 1 aliphatic carbocycles. The first-order valence-electron chi connectivity index (χ1n) is 7.84. The average Bonchev–Trinajstić information content (AvgIpc) is 3.23. The van der Waals surface area contributed by atoms with Crippen molar-refractivity contribution in [1.29, 1.82) is 0 Å². The van der Waals surface area contributed by atoms with E-state index < -0.39 is 0 Å². The summed E-state index contributed by atoms with van der Waals surface area (Å²) in [5, 5.41) is 6.76. The first kappa shape index (κ1) is 15.1. The average molecular weight is 276 g/mol. The van der Waals surface area contributed by atoms with Crippen molar-refractivity contribution in [2.45, 2.75) is 65.3 Å². The molecule has 0 aliphatic heterocycles. The molecule has 1 fully saturated rings. The van der Waals surface area contributed by atoms with Gasteiger partial charge in [0.05, 0.1) is 0 Å². The van der Waals surface area contributed by atoms with Crippen molar-refractivity contribution >= 4 is 11.6 Å². The third-order valence-electron chi connectivity index (χ3n) is 3.90. The minimum atomic E-state index is 0.447. The molecule has 112 valence electrons. The maximum absolute atomic E-state index is 4.75. The van der Waals surface area contributed by atoms with Gasteiger partial charge in [-0.3, -0.25) is 0 Å². The van der Waals surface area contributed by atoms with E-state index in [4.69, 9.17) is 4.98 Å². The van der Waals surface area contributed by atoms with Gasteiger partial charge in [0.15, 0.2) is 0 Å². The summed E-state index contributed by atoms with van der Waals surface area (Å²) in [7, 11) is 1.93. The SMILES string of the molecule is CNc1nc(C2CC2)nc(NC(C)CCC(C)C)c1C. The van der Waals surface area contributed by atoms with Gasteiger partial charge >= 0.3 is 0 Å². The van der Waals surface area contributed by atoms with Gasteiger partial charge in [0, 0.05) is 24.6 Å². The Kier molecular flexibility index (Phi) is 4.84.